The minimum Gasteiger partial charge on any atom is -0.351 e. The first-order valence-electron chi connectivity index (χ1n) is 1.39. The van der Waals surface area contributed by atoms with Gasteiger partial charge in [-0.1, -0.05) is 0 Å². The van der Waals surface area contributed by atoms with E-state index in [4.69, 9.17) is 0 Å². The molecule has 13 heteroatoms. The van der Waals surface area contributed by atoms with Crippen molar-refractivity contribution < 1.29 is 420 Å². The van der Waals surface area contributed by atoms with Gasteiger partial charge in [-0.05, 0) is 0 Å². The molecule has 0 aliphatic rings. The third kappa shape index (κ3) is 80.6. The molecule has 0 aromatic rings. The average Bonchev–Trinajstić information content (AvgIpc) is 1.38. The van der Waals surface area contributed by atoms with Gasteiger partial charge in [0.25, 0.3) is 0 Å². The SMILES string of the molecule is CN(C)C=O.[Ar].[Ar].[Ar].[Ar].[Ar].[Ar].[Ar].[Ar].[Ar].[Ar].[Ar]. The summed E-state index contributed by atoms with van der Waals surface area (Å²) in [5, 5.41) is 0. The van der Waals surface area contributed by atoms with Crippen molar-refractivity contribution >= 4 is 6.41 Å². The summed E-state index contributed by atoms with van der Waals surface area (Å²) in [6.45, 7) is 0. The molecule has 0 fully saturated rings. The van der Waals surface area contributed by atoms with Crippen molar-refractivity contribution in [2.75, 3.05) is 14.1 Å². The van der Waals surface area contributed by atoms with Crippen LogP contribution in [0, 0.1) is 415 Å². The molecule has 0 rings (SSSR count). The van der Waals surface area contributed by atoms with Gasteiger partial charge in [0.05, 0.1) is 0 Å². The van der Waals surface area contributed by atoms with E-state index >= 15 is 0 Å². The Hall–Kier alpha value is 13.3. The molecule has 2 nitrogen and oxygen atoms in total. The first-order valence-corrected chi connectivity index (χ1v) is 1.39. The predicted octanol–water partition coefficient (Wildman–Crippen LogP) is -0.296. The molecule has 0 N–H and O–H groups in total. The number of carbonyl (C=O) groups excluding carboxylic acids is 1. The largest absolute Gasteiger partial charge is 0.351 e. The van der Waals surface area contributed by atoms with Gasteiger partial charge in [0, 0.05) is 429 Å². The molecule has 118 valence electrons. The van der Waals surface area contributed by atoms with E-state index in [0.29, 0.717) is 0 Å². The van der Waals surface area contributed by atoms with Crippen molar-refractivity contribution in [2.45, 2.75) is 0 Å². The van der Waals surface area contributed by atoms with Crippen LogP contribution in [0.5, 0.6) is 0 Å². The summed E-state index contributed by atoms with van der Waals surface area (Å²) in [7, 11) is 3.38. The normalized spacial score (nSPS) is 2.12. The Labute approximate surface area is 429 Å². The van der Waals surface area contributed by atoms with E-state index in [1.54, 1.807) is 14.1 Å². The van der Waals surface area contributed by atoms with Crippen LogP contribution in [-0.4, -0.2) is 25.4 Å². The van der Waals surface area contributed by atoms with E-state index in [0.717, 1.165) is 6.41 Å². The summed E-state index contributed by atoms with van der Waals surface area (Å²) in [6.07, 6.45) is 0.750. The maximum absolute atomic E-state index is 9.43. The van der Waals surface area contributed by atoms with Crippen molar-refractivity contribution in [1.29, 1.82) is 0 Å². The fraction of sp³-hybridized carbons (Fsp3) is 0.667. The standard InChI is InChI=1S/C3H7NO.11Ar/c1-4(2)3-5;;;;;;;;;;;/h3H,1-2H3;;;;;;;;;;;. The number of hydrogen-bond acceptors (Lipinski definition) is 1. The summed E-state index contributed by atoms with van der Waals surface area (Å²) in [5.74, 6) is 0. The molecule has 1 amide bonds. The van der Waals surface area contributed by atoms with E-state index in [2.05, 4.69) is 0 Å². The van der Waals surface area contributed by atoms with E-state index in [1.807, 2.05) is 0 Å². The number of nitrogens with zero attached hydrogens (tertiary/aromatic N) is 1. The molecule has 0 aromatic heterocycles. The van der Waals surface area contributed by atoms with Gasteiger partial charge in [0.2, 0.25) is 6.41 Å². The van der Waals surface area contributed by atoms with Crippen LogP contribution >= 0.6 is 0 Å². The van der Waals surface area contributed by atoms with Gasteiger partial charge in [0.15, 0.2) is 0 Å². The van der Waals surface area contributed by atoms with Crippen LogP contribution in [0.1, 0.15) is 0 Å². The Morgan fingerprint density at radius 2 is 0.625 bits per heavy atom. The van der Waals surface area contributed by atoms with Crippen molar-refractivity contribution in [3.8, 4) is 0 Å². The fourth-order valence-electron chi connectivity index (χ4n) is 0. The van der Waals surface area contributed by atoms with Crippen LogP contribution in [0.25, 0.3) is 0 Å². The van der Waals surface area contributed by atoms with E-state index in [9.17, 15) is 4.79 Å². The molecule has 0 heterocycles. The van der Waals surface area contributed by atoms with Gasteiger partial charge in [-0.2, -0.15) is 0 Å². The Balaban J connectivity index is -0.00000000145. The quantitative estimate of drug-likeness (QED) is 0.443. The zero-order valence-electron chi connectivity index (χ0n) is 7.32. The number of amides is 1. The van der Waals surface area contributed by atoms with Crippen LogP contribution in [-0.2, 0) is 4.79 Å². The average molecular weight is 513 g/mol. The molecule has 0 saturated carbocycles. The molecule has 16 heavy (non-hydrogen) atoms. The summed E-state index contributed by atoms with van der Waals surface area (Å²) < 4.78 is 0. The molecule has 0 unspecified atom stereocenters. The van der Waals surface area contributed by atoms with Crippen molar-refractivity contribution in [3.63, 3.8) is 0 Å². The number of rotatable bonds is 1. The number of carbonyl (C=O) groups is 1. The first kappa shape index (κ1) is 78.4. The maximum atomic E-state index is 9.43. The van der Waals surface area contributed by atoms with Crippen molar-refractivity contribution in [3.05, 3.63) is 0 Å². The molecule has 0 aliphatic carbocycles. The minimum atomic E-state index is 0. The summed E-state index contributed by atoms with van der Waals surface area (Å²) in [6, 6.07) is 0. The van der Waals surface area contributed by atoms with Crippen LogP contribution < -0.4 is 0 Å². The Morgan fingerprint density at radius 3 is 0.625 bits per heavy atom. The fourth-order valence-corrected chi connectivity index (χ4v) is 0. The zero-order valence-corrected chi connectivity index (χ0v) is 15.1. The Kier molecular flexibility index (Phi) is 345. The molecule has 0 atom stereocenters. The first-order chi connectivity index (χ1) is 2.27. The third-order valence-electron chi connectivity index (χ3n) is 0.211. The van der Waals surface area contributed by atoms with Gasteiger partial charge in [-0.25, -0.2) is 0 Å². The minimum absolute atomic E-state index is 0. The van der Waals surface area contributed by atoms with Crippen LogP contribution in [0.3, 0.4) is 0 Å². The molecule has 0 aromatic carbocycles. The maximum Gasteiger partial charge on any atom is 0.209 e. The van der Waals surface area contributed by atoms with Gasteiger partial charge >= 0.3 is 0 Å². The second kappa shape index (κ2) is 70.5. The second-order valence-corrected chi connectivity index (χ2v) is 1.07. The van der Waals surface area contributed by atoms with Crippen LogP contribution in [0.4, 0.5) is 0 Å². The molecule has 0 spiro atoms. The monoisotopic (exact) mass is 513 g/mol. The smallest absolute Gasteiger partial charge is 0.209 e. The Bertz CT molecular complexity index is 48.2. The summed E-state index contributed by atoms with van der Waals surface area (Å²) in [4.78, 5) is 10.9. The third-order valence-corrected chi connectivity index (χ3v) is 0.211. The van der Waals surface area contributed by atoms with Gasteiger partial charge in [-0.15, -0.1) is 0 Å². The van der Waals surface area contributed by atoms with E-state index in [-0.39, 0.29) is 415 Å². The van der Waals surface area contributed by atoms with Crippen molar-refractivity contribution in [2.24, 2.45) is 0 Å². The molecule has 0 bridgehead atoms. The Morgan fingerprint density at radius 1 is 0.562 bits per heavy atom. The molecule has 0 saturated heterocycles. The molecule has 0 aliphatic heterocycles. The molecule has 0 radical (unpaired) electrons. The van der Waals surface area contributed by atoms with Gasteiger partial charge in [0.1, 0.15) is 0 Å². The van der Waals surface area contributed by atoms with Crippen molar-refractivity contribution in [1.82, 2.24) is 4.90 Å². The van der Waals surface area contributed by atoms with Crippen LogP contribution in [0.15, 0.2) is 0 Å². The zero-order chi connectivity index (χ0) is 4.28. The molecular weight excluding hydrogens is 505 g/mol. The van der Waals surface area contributed by atoms with E-state index in [1.165, 1.54) is 4.90 Å². The topological polar surface area (TPSA) is 20.3 Å². The van der Waals surface area contributed by atoms with Gasteiger partial charge in [-0.3, -0.25) is 4.79 Å². The summed E-state index contributed by atoms with van der Waals surface area (Å²) >= 11 is 0. The van der Waals surface area contributed by atoms with E-state index < -0.39 is 0 Å². The van der Waals surface area contributed by atoms with Crippen LogP contribution in [0.2, 0.25) is 0 Å². The predicted molar refractivity (Wildman–Crippen MR) is 19.8 cm³/mol. The van der Waals surface area contributed by atoms with Gasteiger partial charge < -0.3 is 4.90 Å². The summed E-state index contributed by atoms with van der Waals surface area (Å²) in [5.41, 5.74) is 0. The molecular formula is C3H7Ar11NO. The second-order valence-electron chi connectivity index (χ2n) is 1.07. The number of hydrogen-bond donors (Lipinski definition) is 0.